The summed E-state index contributed by atoms with van der Waals surface area (Å²) in [4.78, 5) is 11.0. The van der Waals surface area contributed by atoms with Crippen molar-refractivity contribution in [3.63, 3.8) is 0 Å². The molecule has 1 aliphatic heterocycles. The van der Waals surface area contributed by atoms with Crippen molar-refractivity contribution in [3.05, 3.63) is 18.0 Å². The minimum absolute atomic E-state index is 0.766. The van der Waals surface area contributed by atoms with E-state index >= 15 is 0 Å². The summed E-state index contributed by atoms with van der Waals surface area (Å²) < 4.78 is 5.42. The van der Waals surface area contributed by atoms with Gasteiger partial charge in [0, 0.05) is 44.2 Å². The fraction of sp³-hybridized carbons (Fsp3) is 0.667. The van der Waals surface area contributed by atoms with E-state index in [-0.39, 0.29) is 0 Å². The molecule has 1 aliphatic rings. The molecule has 1 fully saturated rings. The Morgan fingerprint density at radius 2 is 2.12 bits per heavy atom. The van der Waals surface area contributed by atoms with Crippen LogP contribution in [0.2, 0.25) is 0 Å². The van der Waals surface area contributed by atoms with Gasteiger partial charge in [-0.15, -0.1) is 0 Å². The lowest BCUT2D eigenvalue weighted by Crippen LogP contribution is -2.27. The zero-order chi connectivity index (χ0) is 11.9. The number of anilines is 1. The molecule has 5 nitrogen and oxygen atoms in total. The first kappa shape index (κ1) is 12.3. The first-order chi connectivity index (χ1) is 8.40. The Hall–Kier alpha value is -1.20. The van der Waals surface area contributed by atoms with E-state index in [2.05, 4.69) is 27.1 Å². The Bertz CT molecular complexity index is 320. The van der Waals surface area contributed by atoms with Crippen LogP contribution in [0.5, 0.6) is 0 Å². The van der Waals surface area contributed by atoms with E-state index in [0.717, 1.165) is 57.3 Å². The highest BCUT2D eigenvalue weighted by molar-refractivity contribution is 5.29. The standard InChI is InChI=1S/C12H20N4O/c1-2-13-8-11-9-14-12(15-10-11)16-4-3-6-17-7-5-16/h9-10,13H,2-8H2,1H3. The zero-order valence-electron chi connectivity index (χ0n) is 10.4. The maximum atomic E-state index is 5.42. The summed E-state index contributed by atoms with van der Waals surface area (Å²) in [5, 5.41) is 3.26. The number of nitrogens with one attached hydrogen (secondary N) is 1. The summed E-state index contributed by atoms with van der Waals surface area (Å²) in [6.45, 7) is 7.36. The summed E-state index contributed by atoms with van der Waals surface area (Å²) in [6.07, 6.45) is 4.84. The van der Waals surface area contributed by atoms with Crippen molar-refractivity contribution in [1.82, 2.24) is 15.3 Å². The van der Waals surface area contributed by atoms with Crippen LogP contribution in [0.3, 0.4) is 0 Å². The van der Waals surface area contributed by atoms with Crippen molar-refractivity contribution in [2.24, 2.45) is 0 Å². The number of rotatable bonds is 4. The van der Waals surface area contributed by atoms with E-state index in [0.29, 0.717) is 0 Å². The summed E-state index contributed by atoms with van der Waals surface area (Å²) in [6, 6.07) is 0. The molecule has 94 valence electrons. The average molecular weight is 236 g/mol. The summed E-state index contributed by atoms with van der Waals surface area (Å²) in [5.41, 5.74) is 1.13. The third-order valence-electron chi connectivity index (χ3n) is 2.78. The minimum atomic E-state index is 0.766. The molecular weight excluding hydrogens is 216 g/mol. The van der Waals surface area contributed by atoms with Crippen molar-refractivity contribution in [2.45, 2.75) is 19.9 Å². The topological polar surface area (TPSA) is 50.3 Å². The van der Waals surface area contributed by atoms with Gasteiger partial charge in [0.1, 0.15) is 0 Å². The number of hydrogen-bond acceptors (Lipinski definition) is 5. The third-order valence-corrected chi connectivity index (χ3v) is 2.78. The zero-order valence-corrected chi connectivity index (χ0v) is 10.4. The second-order valence-electron chi connectivity index (χ2n) is 4.12. The smallest absolute Gasteiger partial charge is 0.225 e. The van der Waals surface area contributed by atoms with E-state index in [1.54, 1.807) is 0 Å². The van der Waals surface area contributed by atoms with Gasteiger partial charge in [-0.2, -0.15) is 0 Å². The van der Waals surface area contributed by atoms with Crippen LogP contribution in [-0.4, -0.2) is 42.8 Å². The van der Waals surface area contributed by atoms with E-state index in [4.69, 9.17) is 4.74 Å². The molecule has 0 bridgehead atoms. The molecule has 0 amide bonds. The third kappa shape index (κ3) is 3.64. The van der Waals surface area contributed by atoms with Crippen LogP contribution in [0.1, 0.15) is 18.9 Å². The molecule has 5 heteroatoms. The predicted molar refractivity (Wildman–Crippen MR) is 67.1 cm³/mol. The lowest BCUT2D eigenvalue weighted by atomic mass is 10.3. The molecule has 0 saturated carbocycles. The molecule has 0 radical (unpaired) electrons. The van der Waals surface area contributed by atoms with Crippen LogP contribution in [0.25, 0.3) is 0 Å². The summed E-state index contributed by atoms with van der Waals surface area (Å²) >= 11 is 0. The highest BCUT2D eigenvalue weighted by Gasteiger charge is 2.11. The van der Waals surface area contributed by atoms with Crippen molar-refractivity contribution in [2.75, 3.05) is 37.7 Å². The van der Waals surface area contributed by atoms with Crippen molar-refractivity contribution in [3.8, 4) is 0 Å². The van der Waals surface area contributed by atoms with Gasteiger partial charge < -0.3 is 15.0 Å². The molecule has 2 heterocycles. The van der Waals surface area contributed by atoms with Gasteiger partial charge in [-0.25, -0.2) is 9.97 Å². The fourth-order valence-electron chi connectivity index (χ4n) is 1.82. The molecule has 17 heavy (non-hydrogen) atoms. The molecule has 1 N–H and O–H groups in total. The minimum Gasteiger partial charge on any atom is -0.380 e. The molecule has 2 rings (SSSR count). The number of nitrogens with zero attached hydrogens (tertiary/aromatic N) is 3. The van der Waals surface area contributed by atoms with E-state index in [1.165, 1.54) is 0 Å². The van der Waals surface area contributed by atoms with E-state index in [9.17, 15) is 0 Å². The molecule has 0 atom stereocenters. The van der Waals surface area contributed by atoms with Gasteiger partial charge >= 0.3 is 0 Å². The Morgan fingerprint density at radius 3 is 2.88 bits per heavy atom. The second kappa shape index (κ2) is 6.51. The van der Waals surface area contributed by atoms with Crippen molar-refractivity contribution in [1.29, 1.82) is 0 Å². The fourth-order valence-corrected chi connectivity index (χ4v) is 1.82. The first-order valence-corrected chi connectivity index (χ1v) is 6.24. The van der Waals surface area contributed by atoms with Crippen LogP contribution in [0.4, 0.5) is 5.95 Å². The normalized spacial score (nSPS) is 16.9. The first-order valence-electron chi connectivity index (χ1n) is 6.24. The van der Waals surface area contributed by atoms with Gasteiger partial charge in [-0.1, -0.05) is 6.92 Å². The van der Waals surface area contributed by atoms with Crippen LogP contribution in [0, 0.1) is 0 Å². The lowest BCUT2D eigenvalue weighted by molar-refractivity contribution is 0.152. The molecule has 1 saturated heterocycles. The molecule has 1 aromatic heterocycles. The van der Waals surface area contributed by atoms with Crippen LogP contribution in [0.15, 0.2) is 12.4 Å². The van der Waals surface area contributed by atoms with Crippen molar-refractivity contribution >= 4 is 5.95 Å². The average Bonchev–Trinajstić information content (AvgIpc) is 2.66. The Labute approximate surface area is 102 Å². The number of ether oxygens (including phenoxy) is 1. The van der Waals surface area contributed by atoms with Crippen molar-refractivity contribution < 1.29 is 4.74 Å². The molecular formula is C12H20N4O. The monoisotopic (exact) mass is 236 g/mol. The van der Waals surface area contributed by atoms with Gasteiger partial charge in [0.05, 0.1) is 6.61 Å². The number of hydrogen-bond donors (Lipinski definition) is 1. The van der Waals surface area contributed by atoms with Crippen LogP contribution < -0.4 is 10.2 Å². The predicted octanol–water partition coefficient (Wildman–Crippen LogP) is 0.813. The van der Waals surface area contributed by atoms with Gasteiger partial charge in [-0.05, 0) is 13.0 Å². The largest absolute Gasteiger partial charge is 0.380 e. The molecule has 0 aliphatic carbocycles. The van der Waals surface area contributed by atoms with E-state index in [1.807, 2.05) is 12.4 Å². The second-order valence-corrected chi connectivity index (χ2v) is 4.12. The van der Waals surface area contributed by atoms with Crippen LogP contribution >= 0.6 is 0 Å². The summed E-state index contributed by atoms with van der Waals surface area (Å²) in [7, 11) is 0. The quantitative estimate of drug-likeness (QED) is 0.838. The van der Waals surface area contributed by atoms with Crippen LogP contribution in [-0.2, 0) is 11.3 Å². The Kier molecular flexibility index (Phi) is 4.70. The van der Waals surface area contributed by atoms with E-state index < -0.39 is 0 Å². The SMILES string of the molecule is CCNCc1cnc(N2CCCOCC2)nc1. The highest BCUT2D eigenvalue weighted by Crippen LogP contribution is 2.09. The molecule has 1 aromatic rings. The van der Waals surface area contributed by atoms with Gasteiger partial charge in [0.15, 0.2) is 0 Å². The molecule has 0 spiro atoms. The van der Waals surface area contributed by atoms with Gasteiger partial charge in [0.2, 0.25) is 5.95 Å². The highest BCUT2D eigenvalue weighted by atomic mass is 16.5. The van der Waals surface area contributed by atoms with Gasteiger partial charge in [-0.3, -0.25) is 0 Å². The molecule has 0 unspecified atom stereocenters. The summed E-state index contributed by atoms with van der Waals surface area (Å²) in [5.74, 6) is 0.816. The van der Waals surface area contributed by atoms with Gasteiger partial charge in [0.25, 0.3) is 0 Å². The Balaban J connectivity index is 1.96. The maximum absolute atomic E-state index is 5.42. The molecule has 0 aromatic carbocycles. The maximum Gasteiger partial charge on any atom is 0.225 e. The lowest BCUT2D eigenvalue weighted by Gasteiger charge is -2.19. The number of aromatic nitrogens is 2. The Morgan fingerprint density at radius 1 is 1.29 bits per heavy atom.